The number of carbonyl (C=O) groups is 1. The van der Waals surface area contributed by atoms with E-state index in [2.05, 4.69) is 35.1 Å². The standard InChI is InChI=1S/C34H64N4O/c1-4-7-10-11-12-13-14-18-26-37(31-22-30-36(24-9-6-3)25-17-8-5-2)27-19-15-16-20-28-38-29-21-23-33(32-38)34(35)39/h21,23,29,32H,4-20,22,24-28,30-31H2,1-3H3,(H-,35,39)/p+1. The van der Waals surface area contributed by atoms with Gasteiger partial charge in [-0.2, -0.15) is 0 Å². The smallest absolute Gasteiger partial charge is 0.254 e. The van der Waals surface area contributed by atoms with Crippen LogP contribution < -0.4 is 10.3 Å². The molecule has 0 fully saturated rings. The molecule has 0 aliphatic rings. The number of pyridine rings is 1. The fourth-order valence-corrected chi connectivity index (χ4v) is 5.42. The van der Waals surface area contributed by atoms with Crippen LogP contribution in [0.25, 0.3) is 0 Å². The molecular weight excluding hydrogens is 480 g/mol. The molecule has 5 heteroatoms. The lowest BCUT2D eigenvalue weighted by atomic mass is 10.1. The summed E-state index contributed by atoms with van der Waals surface area (Å²) in [4.78, 5) is 16.9. The van der Waals surface area contributed by atoms with Crippen molar-refractivity contribution in [3.63, 3.8) is 0 Å². The first kappa shape index (κ1) is 35.6. The van der Waals surface area contributed by atoms with Crippen molar-refractivity contribution in [3.8, 4) is 0 Å². The van der Waals surface area contributed by atoms with E-state index in [0.717, 1.165) is 13.0 Å². The number of hydrogen-bond acceptors (Lipinski definition) is 3. The van der Waals surface area contributed by atoms with Crippen molar-refractivity contribution in [2.24, 2.45) is 5.73 Å². The zero-order chi connectivity index (χ0) is 28.4. The van der Waals surface area contributed by atoms with E-state index in [1.165, 1.54) is 148 Å². The van der Waals surface area contributed by atoms with Crippen LogP contribution in [0.15, 0.2) is 24.5 Å². The molecule has 1 aromatic rings. The van der Waals surface area contributed by atoms with Crippen LogP contribution in [-0.4, -0.2) is 55.0 Å². The van der Waals surface area contributed by atoms with E-state index in [4.69, 9.17) is 5.73 Å². The molecule has 2 N–H and O–H groups in total. The van der Waals surface area contributed by atoms with Crippen LogP contribution in [0.2, 0.25) is 0 Å². The molecular formula is C34H65N4O+. The maximum absolute atomic E-state index is 11.4. The summed E-state index contributed by atoms with van der Waals surface area (Å²) >= 11 is 0. The van der Waals surface area contributed by atoms with Gasteiger partial charge in [-0.05, 0) is 83.9 Å². The zero-order valence-electron chi connectivity index (χ0n) is 26.3. The van der Waals surface area contributed by atoms with E-state index in [1.54, 1.807) is 6.07 Å². The highest BCUT2D eigenvalue weighted by Crippen LogP contribution is 2.11. The fraction of sp³-hybridized carbons (Fsp3) is 0.824. The van der Waals surface area contributed by atoms with Gasteiger partial charge >= 0.3 is 0 Å². The second-order valence-electron chi connectivity index (χ2n) is 11.7. The first-order valence-corrected chi connectivity index (χ1v) is 16.8. The van der Waals surface area contributed by atoms with Crippen molar-refractivity contribution >= 4 is 5.91 Å². The summed E-state index contributed by atoms with van der Waals surface area (Å²) in [6.07, 6.45) is 28.0. The van der Waals surface area contributed by atoms with E-state index in [9.17, 15) is 4.79 Å². The summed E-state index contributed by atoms with van der Waals surface area (Å²) in [6.45, 7) is 15.5. The Labute approximate surface area is 242 Å². The number of carbonyl (C=O) groups excluding carboxylic acids is 1. The third-order valence-corrected chi connectivity index (χ3v) is 7.97. The summed E-state index contributed by atoms with van der Waals surface area (Å²) in [6, 6.07) is 3.70. The minimum absolute atomic E-state index is 0.352. The molecule has 1 aromatic heterocycles. The number of nitrogens with zero attached hydrogens (tertiary/aromatic N) is 3. The predicted molar refractivity (Wildman–Crippen MR) is 168 cm³/mol. The Bertz CT molecular complexity index is 696. The highest BCUT2D eigenvalue weighted by molar-refractivity contribution is 5.92. The van der Waals surface area contributed by atoms with E-state index in [0.29, 0.717) is 5.56 Å². The predicted octanol–water partition coefficient (Wildman–Crippen LogP) is 7.76. The number of rotatable bonds is 28. The lowest BCUT2D eigenvalue weighted by molar-refractivity contribution is -0.697. The molecule has 0 bridgehead atoms. The number of aromatic nitrogens is 1. The summed E-state index contributed by atoms with van der Waals surface area (Å²) in [7, 11) is 0. The maximum Gasteiger partial charge on any atom is 0.254 e. The topological polar surface area (TPSA) is 53.5 Å². The second kappa shape index (κ2) is 25.5. The Morgan fingerprint density at radius 3 is 1.62 bits per heavy atom. The number of aryl methyl sites for hydroxylation is 1. The molecule has 0 aliphatic carbocycles. The minimum atomic E-state index is -0.352. The number of amides is 1. The summed E-state index contributed by atoms with van der Waals surface area (Å²) in [5.74, 6) is -0.352. The molecule has 0 saturated heterocycles. The molecule has 1 amide bonds. The molecule has 0 atom stereocenters. The molecule has 1 heterocycles. The van der Waals surface area contributed by atoms with Crippen LogP contribution in [0.3, 0.4) is 0 Å². The number of nitrogens with two attached hydrogens (primary N) is 1. The van der Waals surface area contributed by atoms with Gasteiger partial charge in [0.1, 0.15) is 12.1 Å². The van der Waals surface area contributed by atoms with Gasteiger partial charge < -0.3 is 15.5 Å². The number of hydrogen-bond donors (Lipinski definition) is 1. The highest BCUT2D eigenvalue weighted by Gasteiger charge is 2.10. The number of unbranched alkanes of at least 4 members (excludes halogenated alkanes) is 13. The molecule has 1 rings (SSSR count). The Kier molecular flexibility index (Phi) is 23.3. The molecule has 0 spiro atoms. The van der Waals surface area contributed by atoms with Crippen molar-refractivity contribution in [1.82, 2.24) is 9.80 Å². The van der Waals surface area contributed by atoms with Gasteiger partial charge in [0.25, 0.3) is 5.91 Å². The Morgan fingerprint density at radius 2 is 1.05 bits per heavy atom. The quantitative estimate of drug-likeness (QED) is 0.0865. The zero-order valence-corrected chi connectivity index (χ0v) is 26.3. The van der Waals surface area contributed by atoms with Crippen molar-refractivity contribution < 1.29 is 9.36 Å². The van der Waals surface area contributed by atoms with Gasteiger partial charge in [0, 0.05) is 12.5 Å². The molecule has 5 nitrogen and oxygen atoms in total. The monoisotopic (exact) mass is 546 g/mol. The van der Waals surface area contributed by atoms with E-state index in [1.807, 2.05) is 18.5 Å². The third-order valence-electron chi connectivity index (χ3n) is 7.97. The lowest BCUT2D eigenvalue weighted by Gasteiger charge is -2.26. The normalized spacial score (nSPS) is 11.6. The third kappa shape index (κ3) is 20.1. The van der Waals surface area contributed by atoms with Crippen molar-refractivity contribution in [2.45, 2.75) is 143 Å². The van der Waals surface area contributed by atoms with E-state index >= 15 is 0 Å². The largest absolute Gasteiger partial charge is 0.365 e. The second-order valence-corrected chi connectivity index (χ2v) is 11.7. The molecule has 0 radical (unpaired) electrons. The Balaban J connectivity index is 2.38. The van der Waals surface area contributed by atoms with Crippen molar-refractivity contribution in [2.75, 3.05) is 39.3 Å². The van der Waals surface area contributed by atoms with Crippen LogP contribution in [0, 0.1) is 0 Å². The van der Waals surface area contributed by atoms with E-state index in [-0.39, 0.29) is 5.91 Å². The summed E-state index contributed by atoms with van der Waals surface area (Å²) in [5, 5.41) is 0. The summed E-state index contributed by atoms with van der Waals surface area (Å²) in [5.41, 5.74) is 6.01. The molecule has 226 valence electrons. The first-order chi connectivity index (χ1) is 19.1. The van der Waals surface area contributed by atoms with Crippen LogP contribution in [0.1, 0.15) is 147 Å². The van der Waals surface area contributed by atoms with Gasteiger partial charge in [-0.25, -0.2) is 4.57 Å². The molecule has 0 aliphatic heterocycles. The van der Waals surface area contributed by atoms with Crippen LogP contribution in [-0.2, 0) is 6.54 Å². The Hall–Kier alpha value is -1.46. The lowest BCUT2D eigenvalue weighted by Crippen LogP contribution is -2.34. The molecule has 0 unspecified atom stereocenters. The van der Waals surface area contributed by atoms with Crippen LogP contribution in [0.5, 0.6) is 0 Å². The van der Waals surface area contributed by atoms with Gasteiger partial charge in [0.2, 0.25) is 0 Å². The van der Waals surface area contributed by atoms with Gasteiger partial charge in [0.05, 0.1) is 0 Å². The number of primary amides is 1. The summed E-state index contributed by atoms with van der Waals surface area (Å²) < 4.78 is 2.10. The molecule has 39 heavy (non-hydrogen) atoms. The fourth-order valence-electron chi connectivity index (χ4n) is 5.42. The molecule has 0 aromatic carbocycles. The van der Waals surface area contributed by atoms with Crippen molar-refractivity contribution in [1.29, 1.82) is 0 Å². The average molecular weight is 546 g/mol. The maximum atomic E-state index is 11.4. The highest BCUT2D eigenvalue weighted by atomic mass is 16.1. The van der Waals surface area contributed by atoms with Crippen molar-refractivity contribution in [3.05, 3.63) is 30.1 Å². The Morgan fingerprint density at radius 1 is 0.615 bits per heavy atom. The van der Waals surface area contributed by atoms with Crippen LogP contribution >= 0.6 is 0 Å². The van der Waals surface area contributed by atoms with Gasteiger partial charge in [-0.3, -0.25) is 4.79 Å². The SMILES string of the molecule is CCCCCCCCCCN(CCCCCC[n+]1cccc(C(N)=O)c1)CCCN(CCCC)CCCCC. The average Bonchev–Trinajstić information content (AvgIpc) is 2.94. The van der Waals surface area contributed by atoms with Crippen LogP contribution in [0.4, 0.5) is 0 Å². The van der Waals surface area contributed by atoms with Gasteiger partial charge in [-0.15, -0.1) is 0 Å². The first-order valence-electron chi connectivity index (χ1n) is 16.8. The van der Waals surface area contributed by atoms with Gasteiger partial charge in [0.15, 0.2) is 12.4 Å². The van der Waals surface area contributed by atoms with E-state index < -0.39 is 0 Å². The molecule has 0 saturated carbocycles. The minimum Gasteiger partial charge on any atom is -0.365 e. The van der Waals surface area contributed by atoms with Gasteiger partial charge in [-0.1, -0.05) is 91.4 Å².